The van der Waals surface area contributed by atoms with Crippen LogP contribution in [0.15, 0.2) is 0 Å². The zero-order valence-corrected chi connectivity index (χ0v) is 5.22. The summed E-state index contributed by atoms with van der Waals surface area (Å²) in [5, 5.41) is 0. The molecule has 0 spiro atoms. The fourth-order valence-corrected chi connectivity index (χ4v) is 0.287. The molecule has 0 aliphatic heterocycles. The molecule has 48 valence electrons. The van der Waals surface area contributed by atoms with Crippen molar-refractivity contribution in [2.75, 3.05) is 0 Å². The van der Waals surface area contributed by atoms with E-state index in [2.05, 4.69) is 6.92 Å². The summed E-state index contributed by atoms with van der Waals surface area (Å²) in [6.07, 6.45) is 3.86. The Morgan fingerprint density at radius 2 is 2.00 bits per heavy atom. The molecular weight excluding hydrogens is 104 g/mol. The highest BCUT2D eigenvalue weighted by atomic mass is 16.1. The summed E-state index contributed by atoms with van der Waals surface area (Å²) in [5.41, 5.74) is 0. The summed E-state index contributed by atoms with van der Waals surface area (Å²) in [7, 11) is 0. The highest BCUT2D eigenvalue weighted by Gasteiger charge is 1.74. The van der Waals surface area contributed by atoms with Crippen LogP contribution in [0.5, 0.6) is 0 Å². The second-order valence-corrected chi connectivity index (χ2v) is 1.31. The Hall–Kier alpha value is -0.660. The van der Waals surface area contributed by atoms with Gasteiger partial charge in [-0.25, -0.2) is 0 Å². The van der Waals surface area contributed by atoms with E-state index in [9.17, 15) is 4.79 Å². The van der Waals surface area contributed by atoms with Crippen LogP contribution in [0.4, 0.5) is 0 Å². The zero-order valence-electron chi connectivity index (χ0n) is 5.22. The number of aldehydes is 1. The number of unbranched alkanes of at least 4 members (excludes halogenated alkanes) is 2. The van der Waals surface area contributed by atoms with Crippen LogP contribution in [0.3, 0.4) is 0 Å². The molecule has 0 aromatic heterocycles. The molecule has 0 amide bonds. The molecule has 0 bridgehead atoms. The highest BCUT2D eigenvalue weighted by molar-refractivity contribution is 5.48. The van der Waals surface area contributed by atoms with Crippen LogP contribution in [-0.2, 0) is 9.59 Å². The molecule has 2 heteroatoms. The Balaban J connectivity index is 0. The summed E-state index contributed by atoms with van der Waals surface area (Å²) in [4.78, 5) is 17.6. The molecule has 0 saturated heterocycles. The first-order valence-corrected chi connectivity index (χ1v) is 2.64. The third kappa shape index (κ3) is 18.4. The maximum absolute atomic E-state index is 9.56. The molecule has 0 aromatic rings. The fourth-order valence-electron chi connectivity index (χ4n) is 0.287. The molecule has 0 aliphatic rings. The smallest absolute Gasteiger partial charge is 0.119 e. The van der Waals surface area contributed by atoms with Crippen LogP contribution in [0.25, 0.3) is 0 Å². The van der Waals surface area contributed by atoms with Crippen LogP contribution in [0, 0.1) is 0 Å². The Labute approximate surface area is 49.9 Å². The summed E-state index contributed by atoms with van der Waals surface area (Å²) in [6, 6.07) is 0. The molecule has 0 aliphatic carbocycles. The SMILES string of the molecule is C=O.CCCCC=O. The lowest BCUT2D eigenvalue weighted by Gasteiger charge is -1.79. The quantitative estimate of drug-likeness (QED) is 0.410. The van der Waals surface area contributed by atoms with Crippen molar-refractivity contribution in [3.8, 4) is 0 Å². The standard InChI is InChI=1S/C5H10O.CH2O/c1-2-3-4-5-6;1-2/h5H,2-4H2,1H3;1H2. The van der Waals surface area contributed by atoms with Gasteiger partial charge in [0.25, 0.3) is 0 Å². The first kappa shape index (κ1) is 10.3. The van der Waals surface area contributed by atoms with Gasteiger partial charge in [-0.15, -0.1) is 0 Å². The molecule has 0 radical (unpaired) electrons. The lowest BCUT2D eigenvalue weighted by molar-refractivity contribution is -0.108. The molecule has 0 unspecified atom stereocenters. The normalized spacial score (nSPS) is 6.62. The van der Waals surface area contributed by atoms with Gasteiger partial charge in [0.1, 0.15) is 13.1 Å². The highest BCUT2D eigenvalue weighted by Crippen LogP contribution is 1.87. The van der Waals surface area contributed by atoms with E-state index in [0.717, 1.165) is 25.5 Å². The molecular formula is C6H12O2. The Morgan fingerprint density at radius 3 is 2.12 bits per heavy atom. The number of hydrogen-bond donors (Lipinski definition) is 0. The van der Waals surface area contributed by atoms with E-state index >= 15 is 0 Å². The fraction of sp³-hybridized carbons (Fsp3) is 0.667. The Morgan fingerprint density at radius 1 is 1.50 bits per heavy atom. The molecule has 0 saturated carbocycles. The van der Waals surface area contributed by atoms with Crippen molar-refractivity contribution in [1.29, 1.82) is 0 Å². The van der Waals surface area contributed by atoms with Gasteiger partial charge in [-0.3, -0.25) is 0 Å². The first-order chi connectivity index (χ1) is 3.91. The van der Waals surface area contributed by atoms with Gasteiger partial charge in [0.05, 0.1) is 0 Å². The van der Waals surface area contributed by atoms with Crippen molar-refractivity contribution in [2.24, 2.45) is 0 Å². The molecule has 0 heterocycles. The predicted molar refractivity (Wildman–Crippen MR) is 32.7 cm³/mol. The van der Waals surface area contributed by atoms with E-state index in [1.807, 2.05) is 6.79 Å². The van der Waals surface area contributed by atoms with Gasteiger partial charge in [0.15, 0.2) is 0 Å². The molecule has 8 heavy (non-hydrogen) atoms. The number of rotatable bonds is 3. The van der Waals surface area contributed by atoms with E-state index in [1.165, 1.54) is 0 Å². The summed E-state index contributed by atoms with van der Waals surface area (Å²) < 4.78 is 0. The Bertz CT molecular complexity index is 43.8. The molecule has 0 fully saturated rings. The third-order valence-corrected chi connectivity index (χ3v) is 0.676. The van der Waals surface area contributed by atoms with Gasteiger partial charge in [-0.05, 0) is 6.42 Å². The van der Waals surface area contributed by atoms with Crippen LogP contribution in [-0.4, -0.2) is 13.1 Å². The van der Waals surface area contributed by atoms with E-state index in [0.29, 0.717) is 0 Å². The van der Waals surface area contributed by atoms with Crippen molar-refractivity contribution < 1.29 is 9.59 Å². The summed E-state index contributed by atoms with van der Waals surface area (Å²) in [5.74, 6) is 0. The van der Waals surface area contributed by atoms with E-state index in [4.69, 9.17) is 4.79 Å². The van der Waals surface area contributed by atoms with Gasteiger partial charge >= 0.3 is 0 Å². The first-order valence-electron chi connectivity index (χ1n) is 2.64. The van der Waals surface area contributed by atoms with Gasteiger partial charge < -0.3 is 9.59 Å². The second kappa shape index (κ2) is 16.2. The number of carbonyl (C=O) groups excluding carboxylic acids is 2. The minimum atomic E-state index is 0.733. The molecule has 0 N–H and O–H groups in total. The largest absolute Gasteiger partial charge is 0.307 e. The molecule has 0 rings (SSSR count). The minimum absolute atomic E-state index is 0.733. The predicted octanol–water partition coefficient (Wildman–Crippen LogP) is 1.19. The Kier molecular flexibility index (Phi) is 21.0. The maximum Gasteiger partial charge on any atom is 0.119 e. The van der Waals surface area contributed by atoms with Gasteiger partial charge in [-0.1, -0.05) is 13.3 Å². The average molecular weight is 116 g/mol. The number of carbonyl (C=O) groups is 2. The number of hydrogen-bond acceptors (Lipinski definition) is 2. The van der Waals surface area contributed by atoms with Crippen molar-refractivity contribution in [2.45, 2.75) is 26.2 Å². The third-order valence-electron chi connectivity index (χ3n) is 0.676. The maximum atomic E-state index is 9.56. The van der Waals surface area contributed by atoms with E-state index in [-0.39, 0.29) is 0 Å². The van der Waals surface area contributed by atoms with Crippen LogP contribution >= 0.6 is 0 Å². The summed E-state index contributed by atoms with van der Waals surface area (Å²) in [6.45, 7) is 4.07. The van der Waals surface area contributed by atoms with Gasteiger partial charge in [0.2, 0.25) is 0 Å². The molecule has 2 nitrogen and oxygen atoms in total. The monoisotopic (exact) mass is 116 g/mol. The summed E-state index contributed by atoms with van der Waals surface area (Å²) >= 11 is 0. The van der Waals surface area contributed by atoms with Crippen molar-refractivity contribution in [1.82, 2.24) is 0 Å². The average Bonchev–Trinajstić information content (AvgIpc) is 1.88. The lowest BCUT2D eigenvalue weighted by Crippen LogP contribution is -1.70. The molecule has 0 atom stereocenters. The van der Waals surface area contributed by atoms with Crippen LogP contribution in [0.1, 0.15) is 26.2 Å². The minimum Gasteiger partial charge on any atom is -0.307 e. The van der Waals surface area contributed by atoms with Crippen LogP contribution < -0.4 is 0 Å². The van der Waals surface area contributed by atoms with Gasteiger partial charge in [0, 0.05) is 6.42 Å². The van der Waals surface area contributed by atoms with Crippen LogP contribution in [0.2, 0.25) is 0 Å². The molecule has 0 aromatic carbocycles. The second-order valence-electron chi connectivity index (χ2n) is 1.31. The van der Waals surface area contributed by atoms with Crippen molar-refractivity contribution in [3.05, 3.63) is 0 Å². The topological polar surface area (TPSA) is 34.1 Å². The lowest BCUT2D eigenvalue weighted by atomic mass is 10.3. The van der Waals surface area contributed by atoms with Crippen molar-refractivity contribution in [3.63, 3.8) is 0 Å². The van der Waals surface area contributed by atoms with Gasteiger partial charge in [-0.2, -0.15) is 0 Å². The zero-order chi connectivity index (χ0) is 6.83. The van der Waals surface area contributed by atoms with E-state index in [1.54, 1.807) is 0 Å². The van der Waals surface area contributed by atoms with E-state index < -0.39 is 0 Å². The van der Waals surface area contributed by atoms with Crippen molar-refractivity contribution >= 4 is 13.1 Å².